The smallest absolute Gasteiger partial charge is 0.240 e. The predicted octanol–water partition coefficient (Wildman–Crippen LogP) is 3.36. The van der Waals surface area contributed by atoms with E-state index in [1.54, 1.807) is 0 Å². The van der Waals surface area contributed by atoms with Crippen LogP contribution in [0.2, 0.25) is 0 Å². The summed E-state index contributed by atoms with van der Waals surface area (Å²) in [5.74, 6) is 0.865. The van der Waals surface area contributed by atoms with E-state index < -0.39 is 0 Å². The summed E-state index contributed by atoms with van der Waals surface area (Å²) in [7, 11) is 0. The lowest BCUT2D eigenvalue weighted by Gasteiger charge is -2.26. The Morgan fingerprint density at radius 3 is 2.78 bits per heavy atom. The summed E-state index contributed by atoms with van der Waals surface area (Å²) >= 11 is 0. The standard InChI is InChI=1S/C21H22N4O2/c1-13(2)21-24-16-9-5-6-10-18(16)25(21)12-20(27)23-17-11-19(26)22-15-8-4-3-7-14(15)17/h3-10,13,17H,11-12H2,1-2H3,(H,22,26)(H,23,27)/t17-/m1/s1. The summed E-state index contributed by atoms with van der Waals surface area (Å²) in [4.78, 5) is 29.5. The molecule has 4 rings (SSSR count). The number of amides is 2. The number of rotatable bonds is 4. The van der Waals surface area contributed by atoms with Gasteiger partial charge in [-0.05, 0) is 23.8 Å². The Bertz CT molecular complexity index is 1020. The minimum Gasteiger partial charge on any atom is -0.347 e. The first kappa shape index (κ1) is 17.3. The zero-order chi connectivity index (χ0) is 19.0. The molecule has 2 amide bonds. The number of carbonyl (C=O) groups is 2. The van der Waals surface area contributed by atoms with Gasteiger partial charge >= 0.3 is 0 Å². The maximum Gasteiger partial charge on any atom is 0.240 e. The molecule has 2 aromatic carbocycles. The molecule has 0 saturated heterocycles. The van der Waals surface area contributed by atoms with E-state index in [4.69, 9.17) is 0 Å². The van der Waals surface area contributed by atoms with Crippen LogP contribution in [0, 0.1) is 0 Å². The normalized spacial score (nSPS) is 16.3. The Balaban J connectivity index is 1.60. The molecule has 6 heteroatoms. The van der Waals surface area contributed by atoms with Crippen molar-refractivity contribution in [3.8, 4) is 0 Å². The van der Waals surface area contributed by atoms with Crippen molar-refractivity contribution in [1.82, 2.24) is 14.9 Å². The van der Waals surface area contributed by atoms with Crippen LogP contribution in [0.15, 0.2) is 48.5 Å². The van der Waals surface area contributed by atoms with Gasteiger partial charge in [0.1, 0.15) is 12.4 Å². The second kappa shape index (κ2) is 6.87. The highest BCUT2D eigenvalue weighted by molar-refractivity contribution is 5.95. The first-order chi connectivity index (χ1) is 13.0. The number of imidazole rings is 1. The molecule has 0 bridgehead atoms. The molecule has 1 aliphatic heterocycles. The Labute approximate surface area is 157 Å². The minimum absolute atomic E-state index is 0.0880. The highest BCUT2D eigenvalue weighted by Gasteiger charge is 2.26. The number of hydrogen-bond acceptors (Lipinski definition) is 3. The van der Waals surface area contributed by atoms with E-state index in [-0.39, 0.29) is 36.7 Å². The third-order valence-electron chi connectivity index (χ3n) is 4.84. The van der Waals surface area contributed by atoms with Crippen LogP contribution in [0.5, 0.6) is 0 Å². The van der Waals surface area contributed by atoms with Gasteiger partial charge in [0.25, 0.3) is 0 Å². The van der Waals surface area contributed by atoms with Gasteiger partial charge in [-0.25, -0.2) is 4.98 Å². The second-order valence-electron chi connectivity index (χ2n) is 7.16. The fourth-order valence-electron chi connectivity index (χ4n) is 3.62. The summed E-state index contributed by atoms with van der Waals surface area (Å²) < 4.78 is 1.96. The van der Waals surface area contributed by atoms with Crippen LogP contribution in [0.3, 0.4) is 0 Å². The summed E-state index contributed by atoms with van der Waals surface area (Å²) in [6, 6.07) is 15.1. The zero-order valence-corrected chi connectivity index (χ0v) is 15.4. The third-order valence-corrected chi connectivity index (χ3v) is 4.84. The van der Waals surface area contributed by atoms with Crippen molar-refractivity contribution < 1.29 is 9.59 Å². The molecule has 1 aliphatic rings. The first-order valence-corrected chi connectivity index (χ1v) is 9.16. The number of benzene rings is 2. The van der Waals surface area contributed by atoms with Gasteiger partial charge in [0.15, 0.2) is 0 Å². The van der Waals surface area contributed by atoms with Crippen molar-refractivity contribution >= 4 is 28.5 Å². The summed E-state index contributed by atoms with van der Waals surface area (Å²) in [6.45, 7) is 4.31. The van der Waals surface area contributed by atoms with Crippen molar-refractivity contribution in [1.29, 1.82) is 0 Å². The van der Waals surface area contributed by atoms with E-state index in [0.717, 1.165) is 28.1 Å². The van der Waals surface area contributed by atoms with Crippen LogP contribution >= 0.6 is 0 Å². The number of nitrogens with one attached hydrogen (secondary N) is 2. The fourth-order valence-corrected chi connectivity index (χ4v) is 3.62. The maximum absolute atomic E-state index is 12.8. The molecular weight excluding hydrogens is 340 g/mol. The van der Waals surface area contributed by atoms with E-state index in [0.29, 0.717) is 0 Å². The topological polar surface area (TPSA) is 76.0 Å². The number of anilines is 1. The first-order valence-electron chi connectivity index (χ1n) is 9.16. The van der Waals surface area contributed by atoms with Crippen molar-refractivity contribution in [3.63, 3.8) is 0 Å². The SMILES string of the molecule is CC(C)c1nc2ccccc2n1CC(=O)N[C@@H]1CC(=O)Nc2ccccc21. The molecule has 2 N–H and O–H groups in total. The van der Waals surface area contributed by atoms with Crippen LogP contribution in [0.25, 0.3) is 11.0 Å². The van der Waals surface area contributed by atoms with Gasteiger partial charge in [0, 0.05) is 11.6 Å². The van der Waals surface area contributed by atoms with Crippen molar-refractivity contribution in [2.45, 2.75) is 38.8 Å². The van der Waals surface area contributed by atoms with Gasteiger partial charge < -0.3 is 15.2 Å². The Hall–Kier alpha value is -3.15. The van der Waals surface area contributed by atoms with Gasteiger partial charge in [-0.15, -0.1) is 0 Å². The van der Waals surface area contributed by atoms with Gasteiger partial charge in [-0.3, -0.25) is 9.59 Å². The molecule has 27 heavy (non-hydrogen) atoms. The zero-order valence-electron chi connectivity index (χ0n) is 15.4. The van der Waals surface area contributed by atoms with E-state index in [9.17, 15) is 9.59 Å². The number of hydrogen-bond donors (Lipinski definition) is 2. The molecule has 0 radical (unpaired) electrons. The lowest BCUT2D eigenvalue weighted by Crippen LogP contribution is -2.37. The molecule has 0 fully saturated rings. The van der Waals surface area contributed by atoms with Gasteiger partial charge in [0.2, 0.25) is 11.8 Å². The maximum atomic E-state index is 12.8. The van der Waals surface area contributed by atoms with Gasteiger partial charge in [-0.2, -0.15) is 0 Å². The summed E-state index contributed by atoms with van der Waals surface area (Å²) in [5, 5.41) is 5.88. The van der Waals surface area contributed by atoms with Crippen LogP contribution in [-0.4, -0.2) is 21.4 Å². The van der Waals surface area contributed by atoms with Crippen molar-refractivity contribution in [3.05, 3.63) is 59.9 Å². The molecule has 2 heterocycles. The van der Waals surface area contributed by atoms with Crippen LogP contribution < -0.4 is 10.6 Å². The van der Waals surface area contributed by atoms with Gasteiger partial charge in [-0.1, -0.05) is 44.2 Å². The monoisotopic (exact) mass is 362 g/mol. The number of carbonyl (C=O) groups excluding carboxylic acids is 2. The van der Waals surface area contributed by atoms with E-state index >= 15 is 0 Å². The van der Waals surface area contributed by atoms with E-state index in [1.165, 1.54) is 0 Å². The molecule has 0 spiro atoms. The Morgan fingerprint density at radius 2 is 1.96 bits per heavy atom. The molecule has 0 saturated carbocycles. The van der Waals surface area contributed by atoms with E-state index in [2.05, 4.69) is 29.5 Å². The van der Waals surface area contributed by atoms with Crippen LogP contribution in [-0.2, 0) is 16.1 Å². The number of aromatic nitrogens is 2. The highest BCUT2D eigenvalue weighted by Crippen LogP contribution is 2.30. The third kappa shape index (κ3) is 3.30. The Kier molecular flexibility index (Phi) is 4.39. The molecule has 1 aromatic heterocycles. The van der Waals surface area contributed by atoms with Gasteiger partial charge in [0.05, 0.1) is 23.5 Å². The minimum atomic E-state index is -0.320. The van der Waals surface area contributed by atoms with Crippen LogP contribution in [0.1, 0.15) is 43.6 Å². The molecular formula is C21H22N4O2. The van der Waals surface area contributed by atoms with E-state index in [1.807, 2.05) is 53.1 Å². The largest absolute Gasteiger partial charge is 0.347 e. The average molecular weight is 362 g/mol. The number of fused-ring (bicyclic) bond motifs is 2. The number of nitrogens with zero attached hydrogens (tertiary/aromatic N) is 2. The number of para-hydroxylation sites is 3. The molecule has 0 unspecified atom stereocenters. The Morgan fingerprint density at radius 1 is 1.22 bits per heavy atom. The molecule has 3 aromatic rings. The molecule has 6 nitrogen and oxygen atoms in total. The van der Waals surface area contributed by atoms with Crippen molar-refractivity contribution in [2.24, 2.45) is 0 Å². The average Bonchev–Trinajstić information content (AvgIpc) is 3.00. The van der Waals surface area contributed by atoms with Crippen LogP contribution in [0.4, 0.5) is 5.69 Å². The van der Waals surface area contributed by atoms with Crippen molar-refractivity contribution in [2.75, 3.05) is 5.32 Å². The molecule has 1 atom stereocenters. The quantitative estimate of drug-likeness (QED) is 0.747. The predicted molar refractivity (Wildman–Crippen MR) is 104 cm³/mol. The highest BCUT2D eigenvalue weighted by atomic mass is 16.2. The fraction of sp³-hybridized carbons (Fsp3) is 0.286. The summed E-state index contributed by atoms with van der Waals surface area (Å²) in [6.07, 6.45) is 0.241. The molecule has 0 aliphatic carbocycles. The second-order valence-corrected chi connectivity index (χ2v) is 7.16. The lowest BCUT2D eigenvalue weighted by atomic mass is 9.97. The molecule has 138 valence electrons. The summed E-state index contributed by atoms with van der Waals surface area (Å²) in [5.41, 5.74) is 3.52. The lowest BCUT2D eigenvalue weighted by molar-refractivity contribution is -0.123.